The van der Waals surface area contributed by atoms with E-state index < -0.39 is 6.10 Å². The van der Waals surface area contributed by atoms with Crippen LogP contribution >= 0.6 is 22.6 Å². The van der Waals surface area contributed by atoms with Gasteiger partial charge in [-0.1, -0.05) is 165 Å². The molecule has 44 heavy (non-hydrogen) atoms. The number of alkyl halides is 1. The summed E-state index contributed by atoms with van der Waals surface area (Å²) < 4.78 is 0.0647. The van der Waals surface area contributed by atoms with Crippen LogP contribution in [0.2, 0.25) is 0 Å². The monoisotopic (exact) mass is 708 g/mol. The molecule has 2 aliphatic carbocycles. The smallest absolute Gasteiger partial charge is 0.171 e. The molecule has 4 heteroatoms. The minimum Gasteiger partial charge on any atom is -0.385 e. The fraction of sp³-hybridized carbons (Fsp3) is 0.450. The van der Waals surface area contributed by atoms with Gasteiger partial charge in [-0.05, 0) is 75.4 Å². The summed E-state index contributed by atoms with van der Waals surface area (Å²) >= 11 is 2.27. The van der Waals surface area contributed by atoms with Crippen molar-refractivity contribution in [2.75, 3.05) is 0 Å². The Kier molecular flexibility index (Phi) is 14.2. The van der Waals surface area contributed by atoms with Crippen LogP contribution in [-0.2, 0) is 9.59 Å². The Morgan fingerprint density at radius 2 is 1.25 bits per heavy atom. The van der Waals surface area contributed by atoms with E-state index in [1.807, 2.05) is 32.1 Å². The molecule has 0 aromatic heterocycles. The second-order valence-electron chi connectivity index (χ2n) is 13.8. The SMILES string of the molecule is CC1=C(/C=C/C(C)=C/C=C/C(C)=C/C=C/C=C(C)/C=C/C=C(C)/C=C/C2C(C)C(=O)C(O)CC2(C)C)C(C)(C)CC(I)C1=O. The molecule has 1 N–H and O–H groups in total. The molecule has 2 rings (SSSR count). The zero-order valence-electron chi connectivity index (χ0n) is 28.4. The lowest BCUT2D eigenvalue weighted by molar-refractivity contribution is -0.140. The predicted octanol–water partition coefficient (Wildman–Crippen LogP) is 10.3. The molecule has 0 spiro atoms. The van der Waals surface area contributed by atoms with Crippen LogP contribution < -0.4 is 0 Å². The number of carbonyl (C=O) groups is 2. The van der Waals surface area contributed by atoms with E-state index in [0.29, 0.717) is 6.42 Å². The first kappa shape index (κ1) is 37.6. The fourth-order valence-corrected chi connectivity index (χ4v) is 7.57. The number of hydrogen-bond acceptors (Lipinski definition) is 3. The maximum absolute atomic E-state index is 12.5. The highest BCUT2D eigenvalue weighted by Crippen LogP contribution is 2.44. The highest BCUT2D eigenvalue weighted by atomic mass is 127. The van der Waals surface area contributed by atoms with E-state index in [0.717, 1.165) is 39.9 Å². The molecule has 4 atom stereocenters. The second-order valence-corrected chi connectivity index (χ2v) is 15.3. The van der Waals surface area contributed by atoms with Crippen LogP contribution in [0.5, 0.6) is 0 Å². The number of aliphatic hydroxyl groups is 1. The number of rotatable bonds is 10. The van der Waals surface area contributed by atoms with Gasteiger partial charge in [0.25, 0.3) is 0 Å². The van der Waals surface area contributed by atoms with Gasteiger partial charge in [-0.2, -0.15) is 0 Å². The summed E-state index contributed by atoms with van der Waals surface area (Å²) in [4.78, 5) is 24.8. The van der Waals surface area contributed by atoms with Crippen molar-refractivity contribution in [1.29, 1.82) is 0 Å². The van der Waals surface area contributed by atoms with Gasteiger partial charge in [-0.25, -0.2) is 0 Å². The van der Waals surface area contributed by atoms with Crippen molar-refractivity contribution in [3.63, 3.8) is 0 Å². The highest BCUT2D eigenvalue weighted by molar-refractivity contribution is 14.1. The van der Waals surface area contributed by atoms with Crippen LogP contribution in [-0.4, -0.2) is 26.7 Å². The number of Topliss-reactive ketones (excluding diaryl/α,β-unsaturated/α-hetero) is 2. The summed E-state index contributed by atoms with van der Waals surface area (Å²) in [5.41, 5.74) is 6.46. The third kappa shape index (κ3) is 11.1. The van der Waals surface area contributed by atoms with Gasteiger partial charge < -0.3 is 5.11 Å². The normalized spacial score (nSPS) is 27.8. The van der Waals surface area contributed by atoms with E-state index in [1.165, 1.54) is 0 Å². The van der Waals surface area contributed by atoms with Crippen molar-refractivity contribution in [3.8, 4) is 0 Å². The molecular weight excluding hydrogens is 655 g/mol. The molecule has 1 saturated carbocycles. The molecule has 0 aromatic carbocycles. The van der Waals surface area contributed by atoms with E-state index >= 15 is 0 Å². The first-order chi connectivity index (χ1) is 20.5. The van der Waals surface area contributed by atoms with E-state index in [2.05, 4.69) is 145 Å². The van der Waals surface area contributed by atoms with E-state index in [9.17, 15) is 14.7 Å². The molecule has 4 unspecified atom stereocenters. The number of allylic oxidation sites excluding steroid dienone is 20. The van der Waals surface area contributed by atoms with Crippen LogP contribution in [0.1, 0.15) is 82.1 Å². The lowest BCUT2D eigenvalue weighted by Gasteiger charge is -2.42. The maximum Gasteiger partial charge on any atom is 0.171 e. The standard InChI is InChI=1S/C40H53IO3/c1-27(17-13-19-29(3)21-23-33-31(5)37(43)35(41)25-39(33,7)8)15-11-12-16-28(2)18-14-20-30(4)22-24-34-32(6)38(44)36(42)26-40(34,9)10/h11-24,32,34-36,42H,25-26H2,1-10H3/b12-11+,17-13+,18-14+,23-21+,24-22+,27-15+,28-16+,29-19+,30-20+. The summed E-state index contributed by atoms with van der Waals surface area (Å²) in [7, 11) is 0. The van der Waals surface area contributed by atoms with Crippen molar-refractivity contribution in [1.82, 2.24) is 0 Å². The number of hydrogen-bond donors (Lipinski definition) is 1. The van der Waals surface area contributed by atoms with Crippen LogP contribution in [0.3, 0.4) is 0 Å². The largest absolute Gasteiger partial charge is 0.385 e. The number of aliphatic hydroxyl groups excluding tert-OH is 1. The number of halogens is 1. The minimum absolute atomic E-state index is 0.00130. The molecule has 2 aliphatic rings. The lowest BCUT2D eigenvalue weighted by Crippen LogP contribution is -2.45. The van der Waals surface area contributed by atoms with Gasteiger partial charge in [0, 0.05) is 5.92 Å². The maximum atomic E-state index is 12.5. The zero-order valence-corrected chi connectivity index (χ0v) is 30.6. The molecule has 0 aromatic rings. The minimum atomic E-state index is -0.843. The summed E-state index contributed by atoms with van der Waals surface area (Å²) in [6, 6.07) is 0. The average Bonchev–Trinajstić information content (AvgIpc) is 2.92. The Hall–Kier alpha value is -2.57. The average molecular weight is 709 g/mol. The molecule has 1 fully saturated rings. The fourth-order valence-electron chi connectivity index (χ4n) is 6.01. The lowest BCUT2D eigenvalue weighted by atomic mass is 9.62. The first-order valence-corrected chi connectivity index (χ1v) is 16.9. The molecule has 0 radical (unpaired) electrons. The quantitative estimate of drug-likeness (QED) is 0.140. The Labute approximate surface area is 280 Å². The number of carbonyl (C=O) groups excluding carboxylic acids is 2. The summed E-state index contributed by atoms with van der Waals surface area (Å²) in [5.74, 6) is 0.139. The van der Waals surface area contributed by atoms with Crippen molar-refractivity contribution in [3.05, 3.63) is 119 Å². The van der Waals surface area contributed by atoms with Crippen LogP contribution in [0.15, 0.2) is 119 Å². The predicted molar refractivity (Wildman–Crippen MR) is 197 cm³/mol. The van der Waals surface area contributed by atoms with Crippen molar-refractivity contribution in [2.45, 2.75) is 92.1 Å². The third-order valence-corrected chi connectivity index (χ3v) is 9.77. The van der Waals surface area contributed by atoms with Crippen LogP contribution in [0.4, 0.5) is 0 Å². The zero-order chi connectivity index (χ0) is 33.2. The molecule has 3 nitrogen and oxygen atoms in total. The number of ketones is 2. The molecule has 0 saturated heterocycles. The van der Waals surface area contributed by atoms with Crippen molar-refractivity contribution in [2.24, 2.45) is 22.7 Å². The van der Waals surface area contributed by atoms with Gasteiger partial charge >= 0.3 is 0 Å². The van der Waals surface area contributed by atoms with E-state index in [1.54, 1.807) is 0 Å². The highest BCUT2D eigenvalue weighted by Gasteiger charge is 2.44. The molecule has 238 valence electrons. The molecular formula is C40H53IO3. The summed E-state index contributed by atoms with van der Waals surface area (Å²) in [5, 5.41) is 10.1. The third-order valence-electron chi connectivity index (χ3n) is 8.76. The molecule has 0 aliphatic heterocycles. The summed E-state index contributed by atoms with van der Waals surface area (Å²) in [6.45, 7) is 20.9. The molecule has 0 bridgehead atoms. The van der Waals surface area contributed by atoms with Gasteiger partial charge in [-0.15, -0.1) is 0 Å². The van der Waals surface area contributed by atoms with Gasteiger partial charge in [0.05, 0.1) is 3.92 Å². The van der Waals surface area contributed by atoms with Gasteiger partial charge in [-0.3, -0.25) is 9.59 Å². The Balaban J connectivity index is 1.93. The van der Waals surface area contributed by atoms with Gasteiger partial charge in [0.15, 0.2) is 11.6 Å². The first-order valence-electron chi connectivity index (χ1n) is 15.7. The second kappa shape index (κ2) is 16.7. The van der Waals surface area contributed by atoms with Crippen LogP contribution in [0, 0.1) is 22.7 Å². The summed E-state index contributed by atoms with van der Waals surface area (Å²) in [6.07, 6.45) is 29.7. The van der Waals surface area contributed by atoms with E-state index in [4.69, 9.17) is 0 Å². The van der Waals surface area contributed by atoms with Gasteiger partial charge in [0.2, 0.25) is 0 Å². The Morgan fingerprint density at radius 1 is 0.773 bits per heavy atom. The molecule has 0 amide bonds. The molecule has 0 heterocycles. The Morgan fingerprint density at radius 3 is 1.80 bits per heavy atom. The topological polar surface area (TPSA) is 54.4 Å². The van der Waals surface area contributed by atoms with Crippen LogP contribution in [0.25, 0.3) is 0 Å². The van der Waals surface area contributed by atoms with E-state index in [-0.39, 0.29) is 38.2 Å². The van der Waals surface area contributed by atoms with Crippen molar-refractivity contribution < 1.29 is 14.7 Å². The van der Waals surface area contributed by atoms with Crippen molar-refractivity contribution >= 4 is 34.2 Å². The Bertz CT molecular complexity index is 1380. The van der Waals surface area contributed by atoms with Gasteiger partial charge in [0.1, 0.15) is 6.10 Å².